The normalized spacial score (nSPS) is 10.4. The van der Waals surface area contributed by atoms with Crippen molar-refractivity contribution in [2.24, 2.45) is 0 Å². The van der Waals surface area contributed by atoms with Crippen molar-refractivity contribution in [2.45, 2.75) is 6.92 Å². The molecule has 0 saturated heterocycles. The maximum Gasteiger partial charge on any atom is 0.222 e. The average Bonchev–Trinajstić information content (AvgIpc) is 2.35. The molecule has 94 valence electrons. The third kappa shape index (κ3) is 2.86. The summed E-state index contributed by atoms with van der Waals surface area (Å²) in [4.78, 5) is 8.36. The van der Waals surface area contributed by atoms with Crippen molar-refractivity contribution < 1.29 is 0 Å². The van der Waals surface area contributed by atoms with Crippen molar-refractivity contribution in [1.29, 1.82) is 0 Å². The van der Waals surface area contributed by atoms with Crippen LogP contribution in [0.2, 0.25) is 15.1 Å². The lowest BCUT2D eigenvalue weighted by atomic mass is 10.1. The topological polar surface area (TPSA) is 37.8 Å². The lowest BCUT2D eigenvalue weighted by Gasteiger charge is -2.07. The van der Waals surface area contributed by atoms with Crippen LogP contribution in [-0.2, 0) is 0 Å². The van der Waals surface area contributed by atoms with Gasteiger partial charge in [-0.15, -0.1) is 0 Å². The van der Waals surface area contributed by atoms with Crippen molar-refractivity contribution in [2.75, 3.05) is 11.9 Å². The predicted molar refractivity (Wildman–Crippen MR) is 76.7 cm³/mol. The SMILES string of the molecule is CCNc1ncc(-c2cc(Cl)cc(Cl)c2Cl)cn1. The first kappa shape index (κ1) is 13.4. The molecule has 0 radical (unpaired) electrons. The highest BCUT2D eigenvalue weighted by Crippen LogP contribution is 2.35. The molecule has 18 heavy (non-hydrogen) atoms. The maximum absolute atomic E-state index is 6.14. The Labute approximate surface area is 120 Å². The smallest absolute Gasteiger partial charge is 0.222 e. The molecule has 1 N–H and O–H groups in total. The molecule has 0 spiro atoms. The van der Waals surface area contributed by atoms with Crippen LogP contribution in [0.25, 0.3) is 11.1 Å². The fourth-order valence-electron chi connectivity index (χ4n) is 1.48. The van der Waals surface area contributed by atoms with Crippen LogP contribution < -0.4 is 5.32 Å². The number of nitrogens with one attached hydrogen (secondary N) is 1. The van der Waals surface area contributed by atoms with Crippen LogP contribution in [0, 0.1) is 0 Å². The summed E-state index contributed by atoms with van der Waals surface area (Å²) in [6.45, 7) is 2.74. The zero-order valence-corrected chi connectivity index (χ0v) is 11.8. The molecular weight excluding hydrogens is 293 g/mol. The second kappa shape index (κ2) is 5.74. The molecule has 0 atom stereocenters. The molecule has 0 fully saturated rings. The quantitative estimate of drug-likeness (QED) is 0.846. The van der Waals surface area contributed by atoms with Gasteiger partial charge < -0.3 is 5.32 Å². The Bertz CT molecular complexity index is 555. The van der Waals surface area contributed by atoms with Gasteiger partial charge in [-0.05, 0) is 19.1 Å². The molecule has 1 aromatic carbocycles. The van der Waals surface area contributed by atoms with E-state index in [-0.39, 0.29) is 0 Å². The predicted octanol–water partition coefficient (Wildman–Crippen LogP) is 4.54. The van der Waals surface area contributed by atoms with Crippen LogP contribution in [-0.4, -0.2) is 16.5 Å². The number of benzene rings is 1. The van der Waals surface area contributed by atoms with Gasteiger partial charge in [-0.25, -0.2) is 9.97 Å². The van der Waals surface area contributed by atoms with Gasteiger partial charge in [0.15, 0.2) is 0 Å². The highest BCUT2D eigenvalue weighted by molar-refractivity contribution is 6.45. The number of hydrogen-bond acceptors (Lipinski definition) is 3. The van der Waals surface area contributed by atoms with E-state index in [1.165, 1.54) is 0 Å². The highest BCUT2D eigenvalue weighted by atomic mass is 35.5. The van der Waals surface area contributed by atoms with Gasteiger partial charge in [-0.3, -0.25) is 0 Å². The lowest BCUT2D eigenvalue weighted by molar-refractivity contribution is 1.09. The number of aromatic nitrogens is 2. The van der Waals surface area contributed by atoms with Gasteiger partial charge in [-0.1, -0.05) is 34.8 Å². The largest absolute Gasteiger partial charge is 0.355 e. The Morgan fingerprint density at radius 1 is 1.11 bits per heavy atom. The molecule has 0 bridgehead atoms. The summed E-state index contributed by atoms with van der Waals surface area (Å²) in [7, 11) is 0. The number of anilines is 1. The van der Waals surface area contributed by atoms with Crippen LogP contribution >= 0.6 is 34.8 Å². The second-order valence-corrected chi connectivity index (χ2v) is 4.80. The first-order valence-corrected chi connectivity index (χ1v) is 6.46. The highest BCUT2D eigenvalue weighted by Gasteiger charge is 2.10. The average molecular weight is 303 g/mol. The zero-order chi connectivity index (χ0) is 13.1. The van der Waals surface area contributed by atoms with E-state index < -0.39 is 0 Å². The summed E-state index contributed by atoms with van der Waals surface area (Å²) >= 11 is 18.1. The fraction of sp³-hybridized carbons (Fsp3) is 0.167. The van der Waals surface area contributed by atoms with Crippen LogP contribution in [0.3, 0.4) is 0 Å². The Morgan fingerprint density at radius 2 is 1.78 bits per heavy atom. The number of rotatable bonds is 3. The minimum atomic E-state index is 0.412. The first-order valence-electron chi connectivity index (χ1n) is 5.32. The summed E-state index contributed by atoms with van der Waals surface area (Å²) in [6, 6.07) is 3.34. The minimum absolute atomic E-state index is 0.412. The number of nitrogens with zero attached hydrogens (tertiary/aromatic N) is 2. The van der Waals surface area contributed by atoms with Crippen molar-refractivity contribution in [3.63, 3.8) is 0 Å². The Morgan fingerprint density at radius 3 is 2.39 bits per heavy atom. The summed E-state index contributed by atoms with van der Waals surface area (Å²) in [6.07, 6.45) is 3.36. The van der Waals surface area contributed by atoms with Gasteiger partial charge in [0.1, 0.15) is 0 Å². The molecule has 6 heteroatoms. The minimum Gasteiger partial charge on any atom is -0.355 e. The van der Waals surface area contributed by atoms with Gasteiger partial charge in [0, 0.05) is 35.1 Å². The summed E-state index contributed by atoms with van der Waals surface area (Å²) in [5, 5.41) is 4.40. The lowest BCUT2D eigenvalue weighted by Crippen LogP contribution is -2.01. The van der Waals surface area contributed by atoms with Gasteiger partial charge in [-0.2, -0.15) is 0 Å². The molecule has 0 aliphatic heterocycles. The van der Waals surface area contributed by atoms with E-state index >= 15 is 0 Å². The fourth-order valence-corrected chi connectivity index (χ4v) is 2.19. The summed E-state index contributed by atoms with van der Waals surface area (Å²) in [5.74, 6) is 0.575. The van der Waals surface area contributed by atoms with Crippen LogP contribution in [0.4, 0.5) is 5.95 Å². The monoisotopic (exact) mass is 301 g/mol. The summed E-state index contributed by atoms with van der Waals surface area (Å²) in [5.41, 5.74) is 1.49. The van der Waals surface area contributed by atoms with Crippen molar-refractivity contribution in [1.82, 2.24) is 9.97 Å². The Kier molecular flexibility index (Phi) is 4.27. The van der Waals surface area contributed by atoms with E-state index in [4.69, 9.17) is 34.8 Å². The van der Waals surface area contributed by atoms with E-state index in [1.54, 1.807) is 24.5 Å². The maximum atomic E-state index is 6.14. The van der Waals surface area contributed by atoms with Gasteiger partial charge in [0.05, 0.1) is 10.0 Å². The molecule has 0 saturated carbocycles. The van der Waals surface area contributed by atoms with Crippen LogP contribution in [0.5, 0.6) is 0 Å². The van der Waals surface area contributed by atoms with E-state index in [9.17, 15) is 0 Å². The molecule has 1 heterocycles. The van der Waals surface area contributed by atoms with Crippen LogP contribution in [0.1, 0.15) is 6.92 Å². The van der Waals surface area contributed by atoms with E-state index in [1.807, 2.05) is 6.92 Å². The van der Waals surface area contributed by atoms with Crippen molar-refractivity contribution in [3.05, 3.63) is 39.6 Å². The first-order chi connectivity index (χ1) is 8.61. The van der Waals surface area contributed by atoms with Gasteiger partial charge >= 0.3 is 0 Å². The molecule has 0 aliphatic carbocycles. The molecule has 3 nitrogen and oxygen atoms in total. The van der Waals surface area contributed by atoms with E-state index in [0.29, 0.717) is 21.0 Å². The van der Waals surface area contributed by atoms with Crippen molar-refractivity contribution in [3.8, 4) is 11.1 Å². The zero-order valence-electron chi connectivity index (χ0n) is 9.54. The Hall–Kier alpha value is -1.03. The Balaban J connectivity index is 2.42. The third-order valence-corrected chi connectivity index (χ3v) is 3.31. The summed E-state index contributed by atoms with van der Waals surface area (Å²) < 4.78 is 0. The van der Waals surface area contributed by atoms with Crippen LogP contribution in [0.15, 0.2) is 24.5 Å². The molecule has 0 aliphatic rings. The molecule has 2 rings (SSSR count). The van der Waals surface area contributed by atoms with E-state index in [0.717, 1.165) is 17.7 Å². The number of hydrogen-bond donors (Lipinski definition) is 1. The van der Waals surface area contributed by atoms with Crippen molar-refractivity contribution >= 4 is 40.8 Å². The molecule has 1 aromatic heterocycles. The third-order valence-electron chi connectivity index (χ3n) is 2.29. The molecule has 0 amide bonds. The second-order valence-electron chi connectivity index (χ2n) is 3.57. The van der Waals surface area contributed by atoms with E-state index in [2.05, 4.69) is 15.3 Å². The molecule has 0 unspecified atom stereocenters. The molecular formula is C12H10Cl3N3. The standard InChI is InChI=1S/C12H10Cl3N3/c1-2-16-12-17-5-7(6-18-12)9-3-8(13)4-10(14)11(9)15/h3-6H,2H2,1H3,(H,16,17,18). The molecule has 2 aromatic rings. The number of halogens is 3. The van der Waals surface area contributed by atoms with Gasteiger partial charge in [0.25, 0.3) is 0 Å². The van der Waals surface area contributed by atoms with Gasteiger partial charge in [0.2, 0.25) is 5.95 Å².